The second-order valence-corrected chi connectivity index (χ2v) is 13.1. The first kappa shape index (κ1) is 28.8. The van der Waals surface area contributed by atoms with Crippen LogP contribution in [0.25, 0.3) is 22.6 Å². The quantitative estimate of drug-likeness (QED) is 0.341. The molecule has 2 saturated heterocycles. The number of nitrogens with zero attached hydrogens (tertiary/aromatic N) is 5. The van der Waals surface area contributed by atoms with E-state index in [0.717, 1.165) is 57.8 Å². The summed E-state index contributed by atoms with van der Waals surface area (Å²) in [7, 11) is 2.23. The Balaban J connectivity index is 1.32. The lowest BCUT2D eigenvalue weighted by Crippen LogP contribution is -2.61. The molecule has 2 N–H and O–H groups in total. The van der Waals surface area contributed by atoms with Crippen LogP contribution < -0.4 is 10.2 Å². The van der Waals surface area contributed by atoms with E-state index in [4.69, 9.17) is 9.72 Å². The van der Waals surface area contributed by atoms with E-state index in [9.17, 15) is 4.79 Å². The number of nitrogens with one attached hydrogen (secondary N) is 2. The molecule has 216 valence electrons. The van der Waals surface area contributed by atoms with E-state index >= 15 is 0 Å². The number of amides is 1. The van der Waals surface area contributed by atoms with E-state index in [1.807, 2.05) is 18.0 Å². The van der Waals surface area contributed by atoms with Crippen molar-refractivity contribution in [2.75, 3.05) is 56.7 Å². The van der Waals surface area contributed by atoms with E-state index in [1.165, 1.54) is 0 Å². The maximum absolute atomic E-state index is 12.6. The molecule has 0 saturated carbocycles. The third-order valence-electron chi connectivity index (χ3n) is 8.66. The van der Waals surface area contributed by atoms with Gasteiger partial charge in [-0.05, 0) is 94.7 Å². The second-order valence-electron chi connectivity index (χ2n) is 12.2. The fourth-order valence-electron chi connectivity index (χ4n) is 6.20. The molecule has 0 radical (unpaired) electrons. The minimum Gasteiger partial charge on any atom is -0.380 e. The number of hydrogen-bond donors (Lipinski definition) is 2. The summed E-state index contributed by atoms with van der Waals surface area (Å²) in [5.41, 5.74) is 4.74. The van der Waals surface area contributed by atoms with E-state index in [2.05, 4.69) is 100 Å². The van der Waals surface area contributed by atoms with Crippen LogP contribution in [0.2, 0.25) is 0 Å². The highest BCUT2D eigenvalue weighted by molar-refractivity contribution is 9.10. The monoisotopic (exact) mass is 611 g/mol. The number of H-pyrrole nitrogens is 1. The van der Waals surface area contributed by atoms with Crippen LogP contribution in [-0.2, 0) is 9.53 Å². The topological polar surface area (TPSA) is 89.6 Å². The first-order valence-corrected chi connectivity index (χ1v) is 15.0. The van der Waals surface area contributed by atoms with Crippen molar-refractivity contribution in [3.63, 3.8) is 0 Å². The van der Waals surface area contributed by atoms with E-state index in [1.54, 1.807) is 0 Å². The first-order valence-electron chi connectivity index (χ1n) is 14.2. The molecule has 10 heteroatoms. The maximum atomic E-state index is 12.6. The molecular formula is C30H42BrN7O2. The summed E-state index contributed by atoms with van der Waals surface area (Å²) in [6.45, 7) is 15.0. The Hall–Kier alpha value is -2.69. The summed E-state index contributed by atoms with van der Waals surface area (Å²) in [4.78, 5) is 32.2. The number of hydrogen-bond acceptors (Lipinski definition) is 7. The number of halogens is 1. The maximum Gasteiger partial charge on any atom is 0.242 e. The van der Waals surface area contributed by atoms with Crippen molar-refractivity contribution >= 4 is 44.4 Å². The van der Waals surface area contributed by atoms with Crippen molar-refractivity contribution < 1.29 is 9.53 Å². The van der Waals surface area contributed by atoms with Gasteiger partial charge in [-0.1, -0.05) is 0 Å². The molecule has 2 aliphatic rings. The van der Waals surface area contributed by atoms with Crippen molar-refractivity contribution in [1.82, 2.24) is 24.8 Å². The zero-order chi connectivity index (χ0) is 28.7. The zero-order valence-electron chi connectivity index (χ0n) is 24.6. The number of aromatic amines is 1. The second kappa shape index (κ2) is 11.3. The predicted molar refractivity (Wildman–Crippen MR) is 165 cm³/mol. The van der Waals surface area contributed by atoms with Crippen LogP contribution >= 0.6 is 15.9 Å². The lowest BCUT2D eigenvalue weighted by atomic mass is 9.77. The van der Waals surface area contributed by atoms with Gasteiger partial charge in [0.1, 0.15) is 11.3 Å². The van der Waals surface area contributed by atoms with E-state index in [-0.39, 0.29) is 17.0 Å². The Morgan fingerprint density at radius 1 is 1.12 bits per heavy atom. The van der Waals surface area contributed by atoms with Gasteiger partial charge in [-0.15, -0.1) is 0 Å². The highest BCUT2D eigenvalue weighted by Crippen LogP contribution is 2.40. The molecule has 2 fully saturated rings. The summed E-state index contributed by atoms with van der Waals surface area (Å²) in [5, 5.41) is 3.82. The molecule has 0 aliphatic carbocycles. The van der Waals surface area contributed by atoms with Gasteiger partial charge in [0, 0.05) is 60.8 Å². The standard InChI is InChI=1S/C30H42BrN7O2/c1-7-40-15-14-37-12-13-38(19-24(37)39)22-10-8-20(9-11-22)27-34-26-25(23(31)18-32-28(26)35-27)33-21-16-29(2,3)36(6)30(4,5)17-21/h8-11,18,21H,7,12-17,19H2,1-6H3,(H2,32,33,34,35). The number of pyridine rings is 1. The normalized spacial score (nSPS) is 19.9. The Morgan fingerprint density at radius 3 is 2.48 bits per heavy atom. The molecule has 2 aromatic heterocycles. The molecule has 4 heterocycles. The van der Waals surface area contributed by atoms with Crippen molar-refractivity contribution in [2.45, 2.75) is 64.6 Å². The molecule has 5 rings (SSSR count). The van der Waals surface area contributed by atoms with Gasteiger partial charge in [-0.25, -0.2) is 9.97 Å². The number of likely N-dealkylation sites (tertiary alicyclic amines) is 1. The van der Waals surface area contributed by atoms with E-state index in [0.29, 0.717) is 38.9 Å². The average molecular weight is 613 g/mol. The minimum absolute atomic E-state index is 0.0806. The zero-order valence-corrected chi connectivity index (χ0v) is 26.1. The van der Waals surface area contributed by atoms with Crippen LogP contribution in [-0.4, -0.2) is 94.2 Å². The molecule has 0 spiro atoms. The van der Waals surface area contributed by atoms with Gasteiger partial charge >= 0.3 is 0 Å². The molecule has 0 unspecified atom stereocenters. The SMILES string of the molecule is CCOCCN1CCN(c2ccc(-c3nc4c(NC5CC(C)(C)N(C)C(C)(C)C5)c(Br)cnc4[nH]3)cc2)CC1=O. The van der Waals surface area contributed by atoms with Crippen molar-refractivity contribution in [2.24, 2.45) is 0 Å². The summed E-state index contributed by atoms with van der Waals surface area (Å²) in [5.74, 6) is 0.913. The van der Waals surface area contributed by atoms with Crippen molar-refractivity contribution in [3.8, 4) is 11.4 Å². The molecule has 3 aromatic rings. The lowest BCUT2D eigenvalue weighted by Gasteiger charge is -2.54. The highest BCUT2D eigenvalue weighted by Gasteiger charge is 2.43. The summed E-state index contributed by atoms with van der Waals surface area (Å²) < 4.78 is 6.33. The smallest absolute Gasteiger partial charge is 0.242 e. The Kier molecular flexibility index (Phi) is 8.14. The third kappa shape index (κ3) is 5.85. The number of aromatic nitrogens is 3. The molecule has 0 atom stereocenters. The van der Waals surface area contributed by atoms with Gasteiger partial charge in [0.25, 0.3) is 0 Å². The lowest BCUT2D eigenvalue weighted by molar-refractivity contribution is -0.131. The molecule has 1 aromatic carbocycles. The molecule has 2 aliphatic heterocycles. The van der Waals surface area contributed by atoms with E-state index < -0.39 is 0 Å². The molecule has 40 heavy (non-hydrogen) atoms. The van der Waals surface area contributed by atoms with Crippen molar-refractivity contribution in [3.05, 3.63) is 34.9 Å². The number of piperidine rings is 1. The average Bonchev–Trinajstić information content (AvgIpc) is 3.34. The number of fused-ring (bicyclic) bond motifs is 1. The van der Waals surface area contributed by atoms with Gasteiger partial charge in [0.05, 0.1) is 23.3 Å². The number of rotatable bonds is 8. The first-order chi connectivity index (χ1) is 19.0. The van der Waals surface area contributed by atoms with Crippen LogP contribution in [0, 0.1) is 0 Å². The number of benzene rings is 1. The number of carbonyl (C=O) groups is 1. The molecule has 1 amide bonds. The van der Waals surface area contributed by atoms with Crippen LogP contribution in [0.3, 0.4) is 0 Å². The van der Waals surface area contributed by atoms with Gasteiger partial charge in [-0.3, -0.25) is 9.69 Å². The number of imidazole rings is 1. The number of piperazine rings is 1. The summed E-state index contributed by atoms with van der Waals surface area (Å²) in [6.07, 6.45) is 3.91. The number of ether oxygens (including phenoxy) is 1. The Bertz CT molecular complexity index is 1340. The predicted octanol–water partition coefficient (Wildman–Crippen LogP) is 5.14. The number of carbonyl (C=O) groups excluding carboxylic acids is 1. The Labute approximate surface area is 245 Å². The minimum atomic E-state index is 0.0806. The largest absolute Gasteiger partial charge is 0.380 e. The van der Waals surface area contributed by atoms with Crippen LogP contribution in [0.4, 0.5) is 11.4 Å². The van der Waals surface area contributed by atoms with Gasteiger partial charge < -0.3 is 24.8 Å². The summed E-state index contributed by atoms with van der Waals surface area (Å²) >= 11 is 3.73. The fourth-order valence-corrected chi connectivity index (χ4v) is 6.60. The fraction of sp³-hybridized carbons (Fsp3) is 0.567. The molecule has 0 bridgehead atoms. The van der Waals surface area contributed by atoms with Crippen molar-refractivity contribution in [1.29, 1.82) is 0 Å². The van der Waals surface area contributed by atoms with Crippen LogP contribution in [0.15, 0.2) is 34.9 Å². The van der Waals surface area contributed by atoms with Gasteiger partial charge in [0.2, 0.25) is 5.91 Å². The van der Waals surface area contributed by atoms with Crippen LogP contribution in [0.1, 0.15) is 47.5 Å². The molecular weight excluding hydrogens is 570 g/mol. The van der Waals surface area contributed by atoms with Crippen LogP contribution in [0.5, 0.6) is 0 Å². The summed E-state index contributed by atoms with van der Waals surface area (Å²) in [6, 6.07) is 8.56. The van der Waals surface area contributed by atoms with Gasteiger partial charge in [0.15, 0.2) is 5.65 Å². The third-order valence-corrected chi connectivity index (χ3v) is 9.26. The number of anilines is 2. The molecule has 9 nitrogen and oxygen atoms in total. The van der Waals surface area contributed by atoms with Gasteiger partial charge in [-0.2, -0.15) is 0 Å². The highest BCUT2D eigenvalue weighted by atomic mass is 79.9. The Morgan fingerprint density at radius 2 is 1.82 bits per heavy atom.